The van der Waals surface area contributed by atoms with Gasteiger partial charge in [0.15, 0.2) is 5.76 Å². The zero-order valence-corrected chi connectivity index (χ0v) is 20.2. The second-order valence-electron chi connectivity index (χ2n) is 8.29. The molecule has 33 heavy (non-hydrogen) atoms. The largest absolute Gasteiger partial charge is 0.497 e. The molecule has 0 unspecified atom stereocenters. The summed E-state index contributed by atoms with van der Waals surface area (Å²) in [6, 6.07) is 13.3. The summed E-state index contributed by atoms with van der Waals surface area (Å²) in [6.45, 7) is 9.54. The van der Waals surface area contributed by atoms with Crippen molar-refractivity contribution >= 4 is 16.9 Å². The lowest BCUT2D eigenvalue weighted by molar-refractivity contribution is 0.0414. The number of hydrogen-bond donors (Lipinski definition) is 0. The smallest absolute Gasteiger partial charge is 0.342 e. The predicted octanol–water partition coefficient (Wildman–Crippen LogP) is 5.30. The van der Waals surface area contributed by atoms with Gasteiger partial charge in [-0.25, -0.2) is 4.79 Å². The van der Waals surface area contributed by atoms with E-state index in [0.717, 1.165) is 5.75 Å². The van der Waals surface area contributed by atoms with Crippen LogP contribution in [0.4, 0.5) is 0 Å². The molecule has 1 heterocycles. The second kappa shape index (κ2) is 11.1. The molecule has 3 rings (SSSR count). The molecule has 7 heteroatoms. The molecule has 3 aromatic rings. The monoisotopic (exact) mass is 455 g/mol. The second-order valence-corrected chi connectivity index (χ2v) is 8.29. The number of carbonyl (C=O) groups is 1. The molecule has 1 aromatic heterocycles. The maximum Gasteiger partial charge on any atom is 0.342 e. The summed E-state index contributed by atoms with van der Waals surface area (Å²) in [7, 11) is 3.19. The highest BCUT2D eigenvalue weighted by atomic mass is 16.5. The molecule has 0 fully saturated rings. The number of nitrogens with zero attached hydrogens (tertiary/aromatic N) is 1. The van der Waals surface area contributed by atoms with Crippen LogP contribution in [0.2, 0.25) is 0 Å². The van der Waals surface area contributed by atoms with Crippen molar-refractivity contribution in [1.82, 2.24) is 4.90 Å². The number of esters is 1. The molecule has 0 saturated heterocycles. The summed E-state index contributed by atoms with van der Waals surface area (Å²) < 4.78 is 28.0. The first-order valence-corrected chi connectivity index (χ1v) is 11.1. The Labute approximate surface area is 195 Å². The van der Waals surface area contributed by atoms with Gasteiger partial charge in [0, 0.05) is 24.0 Å². The van der Waals surface area contributed by atoms with E-state index in [2.05, 4.69) is 32.6 Å². The number of carbonyl (C=O) groups excluding carboxylic acids is 1. The highest BCUT2D eigenvalue weighted by Gasteiger charge is 2.24. The van der Waals surface area contributed by atoms with Crippen LogP contribution in [0, 0.1) is 0 Å². The van der Waals surface area contributed by atoms with Gasteiger partial charge in [0.05, 0.1) is 14.2 Å². The first kappa shape index (κ1) is 24.5. The van der Waals surface area contributed by atoms with E-state index in [0.29, 0.717) is 52.4 Å². The quantitative estimate of drug-likeness (QED) is 0.363. The summed E-state index contributed by atoms with van der Waals surface area (Å²) >= 11 is 0. The minimum Gasteiger partial charge on any atom is -0.497 e. The van der Waals surface area contributed by atoms with Crippen molar-refractivity contribution in [3.05, 3.63) is 53.8 Å². The average Bonchev–Trinajstić information content (AvgIpc) is 3.17. The first-order chi connectivity index (χ1) is 15.8. The Morgan fingerprint density at radius 2 is 1.52 bits per heavy atom. The normalized spacial score (nSPS) is 11.4. The minimum atomic E-state index is -0.442. The van der Waals surface area contributed by atoms with Gasteiger partial charge in [-0.2, -0.15) is 0 Å². The number of fused-ring (bicyclic) bond motifs is 1. The van der Waals surface area contributed by atoms with E-state index in [-0.39, 0.29) is 13.2 Å². The van der Waals surface area contributed by atoms with Gasteiger partial charge >= 0.3 is 5.97 Å². The fraction of sp³-hybridized carbons (Fsp3) is 0.423. The molecular formula is C26H33NO6. The number of benzene rings is 2. The van der Waals surface area contributed by atoms with Crippen LogP contribution in [-0.4, -0.2) is 50.3 Å². The fourth-order valence-electron chi connectivity index (χ4n) is 3.83. The van der Waals surface area contributed by atoms with Gasteiger partial charge in [-0.3, -0.25) is 4.90 Å². The van der Waals surface area contributed by atoms with Crippen molar-refractivity contribution in [2.75, 3.05) is 27.4 Å². The third-order valence-electron chi connectivity index (χ3n) is 5.51. The van der Waals surface area contributed by atoms with E-state index < -0.39 is 5.97 Å². The van der Waals surface area contributed by atoms with E-state index in [1.807, 2.05) is 12.1 Å². The molecule has 2 aromatic carbocycles. The number of furan rings is 1. The van der Waals surface area contributed by atoms with Crippen molar-refractivity contribution in [3.8, 4) is 17.2 Å². The maximum atomic E-state index is 13.1. The Kier molecular flexibility index (Phi) is 8.22. The Morgan fingerprint density at radius 3 is 2.12 bits per heavy atom. The number of methoxy groups -OCH3 is 2. The SMILES string of the molecule is COc1ccc(OCc2oc3ccc(OC)cc3c2C(=O)OCCN(C(C)C)C(C)C)cc1. The molecule has 0 aliphatic carbocycles. The van der Waals surface area contributed by atoms with Crippen molar-refractivity contribution in [2.24, 2.45) is 0 Å². The summed E-state index contributed by atoms with van der Waals surface area (Å²) in [5.41, 5.74) is 0.931. The molecule has 0 radical (unpaired) electrons. The standard InChI is InChI=1S/C26H33NO6/c1-17(2)27(18(3)4)13-14-31-26(28)25-22-15-21(30-6)11-12-23(22)33-24(25)16-32-20-9-7-19(29-5)8-10-20/h7-12,15,17-18H,13-14,16H2,1-6H3. The molecule has 178 valence electrons. The third kappa shape index (κ3) is 5.99. The minimum absolute atomic E-state index is 0.0812. The van der Waals surface area contributed by atoms with E-state index in [1.54, 1.807) is 44.6 Å². The summed E-state index contributed by atoms with van der Waals surface area (Å²) in [6.07, 6.45) is 0. The first-order valence-electron chi connectivity index (χ1n) is 11.1. The van der Waals surface area contributed by atoms with E-state index >= 15 is 0 Å². The zero-order valence-electron chi connectivity index (χ0n) is 20.2. The van der Waals surface area contributed by atoms with Gasteiger partial charge in [0.2, 0.25) is 0 Å². The summed E-state index contributed by atoms with van der Waals surface area (Å²) in [5, 5.41) is 0.636. The van der Waals surface area contributed by atoms with E-state index in [1.165, 1.54) is 0 Å². The lowest BCUT2D eigenvalue weighted by Crippen LogP contribution is -2.39. The molecule has 0 saturated carbocycles. The van der Waals surface area contributed by atoms with Gasteiger partial charge in [-0.05, 0) is 70.2 Å². The molecule has 0 amide bonds. The number of rotatable bonds is 11. The number of ether oxygens (including phenoxy) is 4. The van der Waals surface area contributed by atoms with Crippen LogP contribution >= 0.6 is 0 Å². The van der Waals surface area contributed by atoms with Crippen LogP contribution in [0.1, 0.15) is 43.8 Å². The maximum absolute atomic E-state index is 13.1. The molecule has 0 atom stereocenters. The Balaban J connectivity index is 1.81. The Morgan fingerprint density at radius 1 is 0.909 bits per heavy atom. The van der Waals surface area contributed by atoms with Gasteiger partial charge in [0.1, 0.15) is 41.6 Å². The lowest BCUT2D eigenvalue weighted by atomic mass is 10.1. The van der Waals surface area contributed by atoms with Crippen molar-refractivity contribution < 1.29 is 28.2 Å². The van der Waals surface area contributed by atoms with Crippen molar-refractivity contribution in [3.63, 3.8) is 0 Å². The summed E-state index contributed by atoms with van der Waals surface area (Å²) in [4.78, 5) is 15.4. The van der Waals surface area contributed by atoms with Crippen LogP contribution < -0.4 is 14.2 Å². The molecule has 0 spiro atoms. The van der Waals surface area contributed by atoms with E-state index in [9.17, 15) is 4.79 Å². The van der Waals surface area contributed by atoms with Crippen LogP contribution in [-0.2, 0) is 11.3 Å². The van der Waals surface area contributed by atoms with Gasteiger partial charge in [-0.1, -0.05) is 0 Å². The highest BCUT2D eigenvalue weighted by Crippen LogP contribution is 2.31. The Hall–Kier alpha value is -3.19. The molecule has 0 aliphatic rings. The van der Waals surface area contributed by atoms with Crippen LogP contribution in [0.15, 0.2) is 46.9 Å². The molecule has 7 nitrogen and oxygen atoms in total. The van der Waals surface area contributed by atoms with Gasteiger partial charge in [-0.15, -0.1) is 0 Å². The molecule has 0 N–H and O–H groups in total. The lowest BCUT2D eigenvalue weighted by Gasteiger charge is -2.30. The van der Waals surface area contributed by atoms with Crippen molar-refractivity contribution in [1.29, 1.82) is 0 Å². The van der Waals surface area contributed by atoms with Crippen LogP contribution in [0.3, 0.4) is 0 Å². The molecular weight excluding hydrogens is 422 g/mol. The highest BCUT2D eigenvalue weighted by molar-refractivity contribution is 6.05. The molecule has 0 bridgehead atoms. The number of hydrogen-bond acceptors (Lipinski definition) is 7. The van der Waals surface area contributed by atoms with Crippen LogP contribution in [0.25, 0.3) is 11.0 Å². The Bertz CT molecular complexity index is 1050. The fourth-order valence-corrected chi connectivity index (χ4v) is 3.83. The molecule has 0 aliphatic heterocycles. The zero-order chi connectivity index (χ0) is 24.0. The predicted molar refractivity (Wildman–Crippen MR) is 127 cm³/mol. The third-order valence-corrected chi connectivity index (χ3v) is 5.51. The van der Waals surface area contributed by atoms with Gasteiger partial charge in [0.25, 0.3) is 0 Å². The average molecular weight is 456 g/mol. The van der Waals surface area contributed by atoms with Crippen LogP contribution in [0.5, 0.6) is 17.2 Å². The van der Waals surface area contributed by atoms with Crippen molar-refractivity contribution in [2.45, 2.75) is 46.4 Å². The van der Waals surface area contributed by atoms with Gasteiger partial charge < -0.3 is 23.4 Å². The topological polar surface area (TPSA) is 70.4 Å². The van der Waals surface area contributed by atoms with E-state index in [4.69, 9.17) is 23.4 Å². The summed E-state index contributed by atoms with van der Waals surface area (Å²) in [5.74, 6) is 1.97.